The Morgan fingerprint density at radius 1 is 1.00 bits per heavy atom. The molecule has 1 aromatic heterocycles. The van der Waals surface area contributed by atoms with E-state index >= 15 is 0 Å². The van der Waals surface area contributed by atoms with Gasteiger partial charge in [0.25, 0.3) is 5.91 Å². The van der Waals surface area contributed by atoms with Crippen molar-refractivity contribution in [2.75, 3.05) is 32.8 Å². The molecule has 1 aromatic carbocycles. The molecular weight excluding hydrogens is 396 g/mol. The van der Waals surface area contributed by atoms with E-state index < -0.39 is 22.6 Å². The summed E-state index contributed by atoms with van der Waals surface area (Å²) in [5, 5.41) is 0. The number of benzene rings is 1. The average molecular weight is 418 g/mol. The van der Waals surface area contributed by atoms with Gasteiger partial charge in [0.05, 0.1) is 16.8 Å². The smallest absolute Gasteiger partial charge is 0.359 e. The first-order chi connectivity index (χ1) is 13.8. The van der Waals surface area contributed by atoms with E-state index in [-0.39, 0.29) is 42.7 Å². The molecule has 1 aliphatic heterocycles. The van der Waals surface area contributed by atoms with Gasteiger partial charge in [0.15, 0.2) is 12.3 Å². The van der Waals surface area contributed by atoms with Crippen molar-refractivity contribution in [3.8, 4) is 0 Å². The van der Waals surface area contributed by atoms with Crippen LogP contribution in [0.1, 0.15) is 21.7 Å². The van der Waals surface area contributed by atoms with E-state index in [1.165, 1.54) is 21.6 Å². The lowest BCUT2D eigenvalue weighted by molar-refractivity contribution is -0.135. The first kappa shape index (κ1) is 20.9. The van der Waals surface area contributed by atoms with Crippen LogP contribution in [0.15, 0.2) is 41.6 Å². The lowest BCUT2D eigenvalue weighted by Gasteiger charge is -2.33. The normalized spacial score (nSPS) is 15.2. The highest BCUT2D eigenvalue weighted by molar-refractivity contribution is 7.89. The second-order valence-corrected chi connectivity index (χ2v) is 8.66. The number of nitrogens with zero attached hydrogens (tertiary/aromatic N) is 4. The van der Waals surface area contributed by atoms with E-state index in [0.29, 0.717) is 5.69 Å². The highest BCUT2D eigenvalue weighted by Crippen LogP contribution is 2.18. The molecule has 0 saturated carbocycles. The van der Waals surface area contributed by atoms with Crippen molar-refractivity contribution in [3.63, 3.8) is 0 Å². The third-order valence-corrected chi connectivity index (χ3v) is 6.48. The SMILES string of the molecule is Cc1ccc(S(=O)(=O)N2CCN(C(=O)COC(=O)c3cnc(C)cn3)CC2)cc1. The summed E-state index contributed by atoms with van der Waals surface area (Å²) in [5.74, 6) is -1.11. The molecular formula is C19H22N4O5S. The van der Waals surface area contributed by atoms with Crippen molar-refractivity contribution in [2.45, 2.75) is 18.7 Å². The highest BCUT2D eigenvalue weighted by Gasteiger charge is 2.30. The number of piperazine rings is 1. The van der Waals surface area contributed by atoms with E-state index in [1.807, 2.05) is 6.92 Å². The molecule has 2 heterocycles. The van der Waals surface area contributed by atoms with Crippen LogP contribution in [0.3, 0.4) is 0 Å². The van der Waals surface area contributed by atoms with Crippen LogP contribution in [0.5, 0.6) is 0 Å². The molecule has 154 valence electrons. The number of aromatic nitrogens is 2. The number of rotatable bonds is 5. The van der Waals surface area contributed by atoms with Gasteiger partial charge >= 0.3 is 5.97 Å². The lowest BCUT2D eigenvalue weighted by Crippen LogP contribution is -2.51. The van der Waals surface area contributed by atoms with Gasteiger partial charge in [-0.3, -0.25) is 9.78 Å². The second-order valence-electron chi connectivity index (χ2n) is 6.72. The maximum absolute atomic E-state index is 12.7. The minimum atomic E-state index is -3.60. The van der Waals surface area contributed by atoms with Gasteiger partial charge in [-0.05, 0) is 26.0 Å². The predicted molar refractivity (Wildman–Crippen MR) is 104 cm³/mol. The molecule has 0 spiro atoms. The monoisotopic (exact) mass is 418 g/mol. The summed E-state index contributed by atoms with van der Waals surface area (Å²) in [6, 6.07) is 6.66. The van der Waals surface area contributed by atoms with E-state index in [1.54, 1.807) is 31.2 Å². The number of hydrogen-bond acceptors (Lipinski definition) is 7. The maximum atomic E-state index is 12.7. The zero-order valence-corrected chi connectivity index (χ0v) is 17.1. The Morgan fingerprint density at radius 3 is 2.24 bits per heavy atom. The molecule has 3 rings (SSSR count). The van der Waals surface area contributed by atoms with Gasteiger partial charge in [0.1, 0.15) is 0 Å². The van der Waals surface area contributed by atoms with Crippen LogP contribution in [0.25, 0.3) is 0 Å². The van der Waals surface area contributed by atoms with Gasteiger partial charge in [-0.2, -0.15) is 4.31 Å². The van der Waals surface area contributed by atoms with Crippen molar-refractivity contribution in [2.24, 2.45) is 0 Å². The number of carbonyl (C=O) groups is 2. The highest BCUT2D eigenvalue weighted by atomic mass is 32.2. The molecule has 1 amide bonds. The molecule has 2 aromatic rings. The minimum Gasteiger partial charge on any atom is -0.451 e. The molecule has 10 heteroatoms. The first-order valence-corrected chi connectivity index (χ1v) is 10.5. The minimum absolute atomic E-state index is 0.0254. The molecule has 0 atom stereocenters. The fourth-order valence-corrected chi connectivity index (χ4v) is 4.25. The predicted octanol–water partition coefficient (Wildman–Crippen LogP) is 0.783. The van der Waals surface area contributed by atoms with Gasteiger partial charge in [0, 0.05) is 32.4 Å². The number of esters is 1. The number of hydrogen-bond donors (Lipinski definition) is 0. The quantitative estimate of drug-likeness (QED) is 0.660. The third-order valence-electron chi connectivity index (χ3n) is 4.57. The molecule has 0 unspecified atom stereocenters. The van der Waals surface area contributed by atoms with E-state index in [0.717, 1.165) is 5.56 Å². The van der Waals surface area contributed by atoms with Crippen LogP contribution in [-0.2, 0) is 19.6 Å². The molecule has 1 aliphatic rings. The Labute approximate surface area is 169 Å². The van der Waals surface area contributed by atoms with Crippen LogP contribution in [0.2, 0.25) is 0 Å². The molecule has 0 radical (unpaired) electrons. The Hall–Kier alpha value is -2.85. The average Bonchev–Trinajstić information content (AvgIpc) is 2.72. The summed E-state index contributed by atoms with van der Waals surface area (Å²) >= 11 is 0. The van der Waals surface area contributed by atoms with Gasteiger partial charge in [-0.15, -0.1) is 0 Å². The molecule has 0 bridgehead atoms. The fourth-order valence-electron chi connectivity index (χ4n) is 2.83. The molecule has 1 fully saturated rings. The van der Waals surface area contributed by atoms with E-state index in [4.69, 9.17) is 4.74 Å². The number of ether oxygens (including phenoxy) is 1. The molecule has 9 nitrogen and oxygen atoms in total. The molecule has 0 N–H and O–H groups in total. The van der Waals surface area contributed by atoms with Crippen molar-refractivity contribution < 1.29 is 22.7 Å². The molecule has 29 heavy (non-hydrogen) atoms. The van der Waals surface area contributed by atoms with Gasteiger partial charge in [-0.25, -0.2) is 18.2 Å². The van der Waals surface area contributed by atoms with Crippen molar-refractivity contribution in [3.05, 3.63) is 53.6 Å². The zero-order chi connectivity index (χ0) is 21.0. The van der Waals surface area contributed by atoms with E-state index in [2.05, 4.69) is 9.97 Å². The summed E-state index contributed by atoms with van der Waals surface area (Å²) < 4.78 is 31.8. The number of amides is 1. The largest absolute Gasteiger partial charge is 0.451 e. The van der Waals surface area contributed by atoms with E-state index in [9.17, 15) is 18.0 Å². The molecule has 1 saturated heterocycles. The molecule has 0 aliphatic carbocycles. The van der Waals surface area contributed by atoms with Crippen molar-refractivity contribution in [1.82, 2.24) is 19.2 Å². The van der Waals surface area contributed by atoms with Crippen LogP contribution >= 0.6 is 0 Å². The van der Waals surface area contributed by atoms with Crippen LogP contribution in [0.4, 0.5) is 0 Å². The number of sulfonamides is 1. The third kappa shape index (κ3) is 4.96. The van der Waals surface area contributed by atoms with Crippen molar-refractivity contribution >= 4 is 21.9 Å². The van der Waals surface area contributed by atoms with Crippen LogP contribution in [0, 0.1) is 13.8 Å². The fraction of sp³-hybridized carbons (Fsp3) is 0.368. The number of carbonyl (C=O) groups excluding carboxylic acids is 2. The zero-order valence-electron chi connectivity index (χ0n) is 16.2. The maximum Gasteiger partial charge on any atom is 0.359 e. The van der Waals surface area contributed by atoms with Crippen molar-refractivity contribution in [1.29, 1.82) is 0 Å². The Kier molecular flexibility index (Phi) is 6.23. The standard InChI is InChI=1S/C19H22N4O5S/c1-14-3-5-16(6-4-14)29(26,27)23-9-7-22(8-10-23)18(24)13-28-19(25)17-12-20-15(2)11-21-17/h3-6,11-12H,7-10,13H2,1-2H3. The van der Waals surface area contributed by atoms with Crippen LogP contribution < -0.4 is 0 Å². The van der Waals surface area contributed by atoms with Gasteiger partial charge in [-0.1, -0.05) is 17.7 Å². The van der Waals surface area contributed by atoms with Crippen LogP contribution in [-0.4, -0.2) is 72.3 Å². The second kappa shape index (κ2) is 8.66. The van der Waals surface area contributed by atoms with Gasteiger partial charge in [0.2, 0.25) is 10.0 Å². The summed E-state index contributed by atoms with van der Waals surface area (Å²) in [5.41, 5.74) is 1.67. The summed E-state index contributed by atoms with van der Waals surface area (Å²) in [4.78, 5) is 33.8. The number of aryl methyl sites for hydroxylation is 2. The van der Waals surface area contributed by atoms with Gasteiger partial charge < -0.3 is 9.64 Å². The summed E-state index contributed by atoms with van der Waals surface area (Å²) in [6.07, 6.45) is 2.73. The Balaban J connectivity index is 1.52. The summed E-state index contributed by atoms with van der Waals surface area (Å²) in [6.45, 7) is 4.01. The Bertz CT molecular complexity index is 982. The topological polar surface area (TPSA) is 110 Å². The lowest BCUT2D eigenvalue weighted by atomic mass is 10.2. The summed E-state index contributed by atoms with van der Waals surface area (Å²) in [7, 11) is -3.60. The Morgan fingerprint density at radius 2 is 1.66 bits per heavy atom. The first-order valence-electron chi connectivity index (χ1n) is 9.08.